The highest BCUT2D eigenvalue weighted by molar-refractivity contribution is 6.00. The predicted octanol–water partition coefficient (Wildman–Crippen LogP) is 4.63. The maximum Gasteiger partial charge on any atom is 0.273 e. The number of hydrogen-bond acceptors (Lipinski definition) is 4. The molecule has 1 amide bonds. The summed E-state index contributed by atoms with van der Waals surface area (Å²) >= 11 is 0. The lowest BCUT2D eigenvalue weighted by molar-refractivity contribution is 0.0495. The lowest BCUT2D eigenvalue weighted by atomic mass is 9.93. The molecule has 3 aromatic rings. The Labute approximate surface area is 181 Å². The molecular weight excluding hydrogens is 390 g/mol. The Morgan fingerprint density at radius 1 is 1.19 bits per heavy atom. The van der Waals surface area contributed by atoms with Crippen LogP contribution in [0.5, 0.6) is 5.75 Å². The third kappa shape index (κ3) is 3.41. The summed E-state index contributed by atoms with van der Waals surface area (Å²) in [7, 11) is 0. The first-order chi connectivity index (χ1) is 15.0. The monoisotopic (exact) mass is 417 g/mol. The third-order valence-electron chi connectivity index (χ3n) is 6.37. The molecule has 2 aromatic carbocycles. The molecule has 6 heteroatoms. The van der Waals surface area contributed by atoms with Crippen molar-refractivity contribution in [1.29, 1.82) is 0 Å². The van der Waals surface area contributed by atoms with E-state index in [1.165, 1.54) is 5.56 Å². The molecule has 0 bridgehead atoms. The van der Waals surface area contributed by atoms with Crippen LogP contribution in [0.4, 0.5) is 0 Å². The fraction of sp³-hybridized carbons (Fsp3) is 0.360. The van der Waals surface area contributed by atoms with E-state index in [0.29, 0.717) is 29.4 Å². The van der Waals surface area contributed by atoms with E-state index in [-0.39, 0.29) is 23.8 Å². The Kier molecular flexibility index (Phi) is 5.02. The number of nitrogens with one attached hydrogen (secondary N) is 1. The van der Waals surface area contributed by atoms with Crippen LogP contribution in [-0.2, 0) is 4.74 Å². The van der Waals surface area contributed by atoms with Gasteiger partial charge in [0.25, 0.3) is 5.91 Å². The van der Waals surface area contributed by atoms with Crippen LogP contribution in [-0.4, -0.2) is 45.4 Å². The van der Waals surface area contributed by atoms with Crippen LogP contribution in [0.2, 0.25) is 0 Å². The Balaban J connectivity index is 1.62. The number of rotatable bonds is 5. The maximum absolute atomic E-state index is 13.4. The first-order valence-electron chi connectivity index (χ1n) is 10.9. The molecule has 5 rings (SSSR count). The number of carbonyl (C=O) groups excluding carboxylic acids is 1. The van der Waals surface area contributed by atoms with E-state index in [2.05, 4.69) is 48.3 Å². The zero-order valence-corrected chi connectivity index (χ0v) is 17.8. The van der Waals surface area contributed by atoms with Gasteiger partial charge in [0.05, 0.1) is 12.1 Å². The molecule has 2 N–H and O–H groups in total. The summed E-state index contributed by atoms with van der Waals surface area (Å²) in [5.74, 6) is 0.511. The van der Waals surface area contributed by atoms with Crippen molar-refractivity contribution in [1.82, 2.24) is 15.1 Å². The van der Waals surface area contributed by atoms with Gasteiger partial charge < -0.3 is 14.7 Å². The van der Waals surface area contributed by atoms with Crippen molar-refractivity contribution in [3.05, 3.63) is 70.9 Å². The minimum atomic E-state index is -0.277. The molecule has 1 fully saturated rings. The zero-order chi connectivity index (χ0) is 21.5. The number of hydrogen-bond donors (Lipinski definition) is 2. The van der Waals surface area contributed by atoms with Crippen molar-refractivity contribution in [2.45, 2.75) is 44.8 Å². The van der Waals surface area contributed by atoms with E-state index in [4.69, 9.17) is 4.74 Å². The van der Waals surface area contributed by atoms with Gasteiger partial charge in [0.15, 0.2) is 0 Å². The van der Waals surface area contributed by atoms with Crippen molar-refractivity contribution in [3.8, 4) is 17.0 Å². The standard InChI is InChI=1S/C25H27N3O3/c1-15(2)16-9-11-17(12-10-16)24-21-22(19-7-3-4-8-20(19)29)26-27-23(21)25(30)28(24)14-18-6-5-13-31-18/h3-4,7-12,15,18,24,29H,5-6,13-14H2,1-2H3,(H,26,27)/t18-,24-/m0/s1. The SMILES string of the molecule is CC(C)c1ccc([C@H]2c3c(-c4ccccc4O)n[nH]c3C(=O)N2C[C@@H]2CCCO2)cc1. The number of H-pyrrole nitrogens is 1. The van der Waals surface area contributed by atoms with Crippen molar-refractivity contribution in [2.24, 2.45) is 0 Å². The fourth-order valence-electron chi connectivity index (χ4n) is 4.68. The van der Waals surface area contributed by atoms with E-state index in [1.54, 1.807) is 12.1 Å². The number of ether oxygens (including phenoxy) is 1. The molecule has 1 aromatic heterocycles. The lowest BCUT2D eigenvalue weighted by Gasteiger charge is -2.28. The Bertz CT molecular complexity index is 1100. The number of nitrogens with zero attached hydrogens (tertiary/aromatic N) is 2. The number of phenolic OH excluding ortho intramolecular Hbond substituents is 1. The van der Waals surface area contributed by atoms with Gasteiger partial charge in [-0.3, -0.25) is 9.89 Å². The topological polar surface area (TPSA) is 78.5 Å². The number of fused-ring (bicyclic) bond motifs is 1. The molecule has 31 heavy (non-hydrogen) atoms. The molecule has 0 spiro atoms. The first-order valence-corrected chi connectivity index (χ1v) is 10.9. The molecule has 6 nitrogen and oxygen atoms in total. The number of aromatic amines is 1. The number of aromatic nitrogens is 2. The highest BCUT2D eigenvalue weighted by atomic mass is 16.5. The van der Waals surface area contributed by atoms with E-state index in [9.17, 15) is 9.90 Å². The quantitative estimate of drug-likeness (QED) is 0.634. The molecule has 3 heterocycles. The second-order valence-electron chi connectivity index (χ2n) is 8.69. The van der Waals surface area contributed by atoms with E-state index < -0.39 is 0 Å². The average Bonchev–Trinajstić information content (AvgIpc) is 3.49. The van der Waals surface area contributed by atoms with Crippen molar-refractivity contribution in [2.75, 3.05) is 13.2 Å². The summed E-state index contributed by atoms with van der Waals surface area (Å²) in [4.78, 5) is 15.3. The van der Waals surface area contributed by atoms with E-state index in [1.807, 2.05) is 17.0 Å². The van der Waals surface area contributed by atoms with Crippen LogP contribution in [0.3, 0.4) is 0 Å². The van der Waals surface area contributed by atoms with E-state index in [0.717, 1.165) is 30.6 Å². The van der Waals surface area contributed by atoms with Gasteiger partial charge in [0.1, 0.15) is 17.1 Å². The smallest absolute Gasteiger partial charge is 0.273 e. The van der Waals surface area contributed by atoms with Gasteiger partial charge in [0.2, 0.25) is 0 Å². The van der Waals surface area contributed by atoms with Crippen molar-refractivity contribution in [3.63, 3.8) is 0 Å². The summed E-state index contributed by atoms with van der Waals surface area (Å²) in [5.41, 5.74) is 4.85. The predicted molar refractivity (Wildman–Crippen MR) is 118 cm³/mol. The number of para-hydroxylation sites is 1. The number of phenols is 1. The Morgan fingerprint density at radius 3 is 2.65 bits per heavy atom. The summed E-state index contributed by atoms with van der Waals surface area (Å²) < 4.78 is 5.85. The third-order valence-corrected chi connectivity index (χ3v) is 6.37. The zero-order valence-electron chi connectivity index (χ0n) is 17.8. The Hall–Kier alpha value is -3.12. The normalized spacial score (nSPS) is 20.6. The molecule has 2 atom stereocenters. The molecule has 2 aliphatic rings. The van der Waals surface area contributed by atoms with Gasteiger partial charge >= 0.3 is 0 Å². The van der Waals surface area contributed by atoms with Crippen LogP contribution < -0.4 is 0 Å². The maximum atomic E-state index is 13.4. The van der Waals surface area contributed by atoms with Crippen LogP contribution >= 0.6 is 0 Å². The van der Waals surface area contributed by atoms with Crippen LogP contribution in [0, 0.1) is 0 Å². The average molecular weight is 418 g/mol. The number of aromatic hydroxyl groups is 1. The van der Waals surface area contributed by atoms with Gasteiger partial charge in [-0.05, 0) is 42.0 Å². The molecule has 0 saturated carbocycles. The summed E-state index contributed by atoms with van der Waals surface area (Å²) in [5, 5.41) is 17.9. The number of amides is 1. The second kappa shape index (κ2) is 7.85. The molecule has 0 radical (unpaired) electrons. The molecular formula is C25H27N3O3. The largest absolute Gasteiger partial charge is 0.507 e. The molecule has 1 saturated heterocycles. The minimum Gasteiger partial charge on any atom is -0.507 e. The van der Waals surface area contributed by atoms with E-state index >= 15 is 0 Å². The molecule has 0 unspecified atom stereocenters. The van der Waals surface area contributed by atoms with Gasteiger partial charge in [-0.1, -0.05) is 50.2 Å². The van der Waals surface area contributed by atoms with Gasteiger partial charge in [-0.2, -0.15) is 5.10 Å². The second-order valence-corrected chi connectivity index (χ2v) is 8.69. The number of carbonyl (C=O) groups is 1. The molecule has 2 aliphatic heterocycles. The summed E-state index contributed by atoms with van der Waals surface area (Å²) in [6.45, 7) is 5.62. The fourth-order valence-corrected chi connectivity index (χ4v) is 4.68. The Morgan fingerprint density at radius 2 is 1.97 bits per heavy atom. The highest BCUT2D eigenvalue weighted by Crippen LogP contribution is 2.44. The summed E-state index contributed by atoms with van der Waals surface area (Å²) in [6.07, 6.45) is 2.03. The first kappa shape index (κ1) is 19.8. The number of benzene rings is 2. The van der Waals surface area contributed by atoms with Gasteiger partial charge in [0, 0.05) is 24.3 Å². The van der Waals surface area contributed by atoms with Crippen LogP contribution in [0.1, 0.15) is 65.8 Å². The van der Waals surface area contributed by atoms with Gasteiger partial charge in [-0.25, -0.2) is 0 Å². The molecule has 160 valence electrons. The van der Waals surface area contributed by atoms with Crippen LogP contribution in [0.15, 0.2) is 48.5 Å². The van der Waals surface area contributed by atoms with Crippen LogP contribution in [0.25, 0.3) is 11.3 Å². The summed E-state index contributed by atoms with van der Waals surface area (Å²) in [6, 6.07) is 15.3. The lowest BCUT2D eigenvalue weighted by Crippen LogP contribution is -2.36. The minimum absolute atomic E-state index is 0.0481. The van der Waals surface area contributed by atoms with Crippen molar-refractivity contribution >= 4 is 5.91 Å². The van der Waals surface area contributed by atoms with Gasteiger partial charge in [-0.15, -0.1) is 0 Å². The van der Waals surface area contributed by atoms with Crippen molar-refractivity contribution < 1.29 is 14.6 Å². The molecule has 0 aliphatic carbocycles. The highest BCUT2D eigenvalue weighted by Gasteiger charge is 2.43.